The van der Waals surface area contributed by atoms with Gasteiger partial charge in [0, 0.05) is 44.8 Å². The van der Waals surface area contributed by atoms with Crippen LogP contribution in [0.5, 0.6) is 5.75 Å². The fourth-order valence-electron chi connectivity index (χ4n) is 3.61. The van der Waals surface area contributed by atoms with Gasteiger partial charge in [-0.3, -0.25) is 9.69 Å². The second-order valence-corrected chi connectivity index (χ2v) is 8.32. The van der Waals surface area contributed by atoms with E-state index in [1.807, 2.05) is 19.1 Å². The molecule has 0 unspecified atom stereocenters. The van der Waals surface area contributed by atoms with Gasteiger partial charge in [-0.25, -0.2) is 4.98 Å². The van der Waals surface area contributed by atoms with Gasteiger partial charge in [0.15, 0.2) is 5.13 Å². The summed E-state index contributed by atoms with van der Waals surface area (Å²) in [6.45, 7) is 7.70. The van der Waals surface area contributed by atoms with Crippen molar-refractivity contribution in [3.05, 3.63) is 53.6 Å². The number of fused-ring (bicyclic) bond motifs is 1. The Morgan fingerprint density at radius 1 is 1.19 bits per heavy atom. The van der Waals surface area contributed by atoms with Gasteiger partial charge in [0.1, 0.15) is 11.3 Å². The number of para-hydroxylation sites is 1. The molecular weight excluding hydrogens is 410 g/mol. The topological polar surface area (TPSA) is 81.5 Å². The molecule has 0 saturated carbocycles. The first-order valence-corrected chi connectivity index (χ1v) is 11.3. The number of aromatic nitrogens is 1. The SMILES string of the molecule is CCOc1cccc2sc(N3CCN(CCNC(=O)c4ccc(C#N)cc4)CC3)nc12. The second kappa shape index (κ2) is 9.77. The molecule has 8 heteroatoms. The van der Waals surface area contributed by atoms with Crippen LogP contribution in [0.15, 0.2) is 42.5 Å². The molecule has 31 heavy (non-hydrogen) atoms. The van der Waals surface area contributed by atoms with Gasteiger partial charge in [0.25, 0.3) is 5.91 Å². The predicted octanol–water partition coefficient (Wildman–Crippen LogP) is 3.12. The number of piperazine rings is 1. The van der Waals surface area contributed by atoms with Gasteiger partial charge in [-0.15, -0.1) is 0 Å². The van der Waals surface area contributed by atoms with E-state index in [4.69, 9.17) is 15.0 Å². The van der Waals surface area contributed by atoms with Crippen molar-refractivity contribution in [2.75, 3.05) is 50.8 Å². The summed E-state index contributed by atoms with van der Waals surface area (Å²) >= 11 is 1.71. The fourth-order valence-corrected chi connectivity index (χ4v) is 4.64. The summed E-state index contributed by atoms with van der Waals surface area (Å²) in [5.41, 5.74) is 2.07. The van der Waals surface area contributed by atoms with Gasteiger partial charge < -0.3 is 15.0 Å². The average molecular weight is 436 g/mol. The molecule has 2 aromatic carbocycles. The molecular formula is C23H25N5O2S. The number of nitriles is 1. The molecule has 0 aliphatic carbocycles. The Kier molecular flexibility index (Phi) is 6.65. The van der Waals surface area contributed by atoms with Gasteiger partial charge in [-0.05, 0) is 43.3 Å². The first-order valence-electron chi connectivity index (χ1n) is 10.5. The van der Waals surface area contributed by atoms with Crippen LogP contribution in [0.3, 0.4) is 0 Å². The largest absolute Gasteiger partial charge is 0.492 e. The normalized spacial score (nSPS) is 14.4. The zero-order valence-electron chi connectivity index (χ0n) is 17.5. The Morgan fingerprint density at radius 2 is 1.97 bits per heavy atom. The number of carbonyl (C=O) groups is 1. The maximum atomic E-state index is 12.2. The first-order chi connectivity index (χ1) is 15.2. The molecule has 2 heterocycles. The van der Waals surface area contributed by atoms with E-state index in [1.165, 1.54) is 0 Å². The van der Waals surface area contributed by atoms with Crippen molar-refractivity contribution >= 4 is 32.6 Å². The standard InChI is InChI=1S/C23H25N5O2S/c1-2-30-19-4-3-5-20-21(19)26-23(31-20)28-14-12-27(13-15-28)11-10-25-22(29)18-8-6-17(16-24)7-9-18/h3-9H,2,10-15H2,1H3,(H,25,29). The highest BCUT2D eigenvalue weighted by molar-refractivity contribution is 7.22. The molecule has 3 aromatic rings. The van der Waals surface area contributed by atoms with E-state index in [0.29, 0.717) is 24.3 Å². The molecule has 4 rings (SSSR count). The van der Waals surface area contributed by atoms with Gasteiger partial charge in [-0.1, -0.05) is 17.4 Å². The summed E-state index contributed by atoms with van der Waals surface area (Å²) in [5, 5.41) is 12.8. The van der Waals surface area contributed by atoms with E-state index in [0.717, 1.165) is 53.8 Å². The molecule has 7 nitrogen and oxygen atoms in total. The highest BCUT2D eigenvalue weighted by Crippen LogP contribution is 2.34. The molecule has 0 bridgehead atoms. The Morgan fingerprint density at radius 3 is 2.68 bits per heavy atom. The van der Waals surface area contributed by atoms with Crippen molar-refractivity contribution in [1.29, 1.82) is 5.26 Å². The summed E-state index contributed by atoms with van der Waals surface area (Å²) in [6, 6.07) is 14.8. The van der Waals surface area contributed by atoms with Gasteiger partial charge in [0.2, 0.25) is 0 Å². The maximum absolute atomic E-state index is 12.2. The van der Waals surface area contributed by atoms with Crippen LogP contribution < -0.4 is 15.0 Å². The number of hydrogen-bond donors (Lipinski definition) is 1. The summed E-state index contributed by atoms with van der Waals surface area (Å²) in [6.07, 6.45) is 0. The van der Waals surface area contributed by atoms with Crippen molar-refractivity contribution in [1.82, 2.24) is 15.2 Å². The molecule has 1 aromatic heterocycles. The second-order valence-electron chi connectivity index (χ2n) is 7.31. The Balaban J connectivity index is 1.26. The molecule has 1 N–H and O–H groups in total. The van der Waals surface area contributed by atoms with Crippen molar-refractivity contribution < 1.29 is 9.53 Å². The molecule has 1 amide bonds. The lowest BCUT2D eigenvalue weighted by atomic mass is 10.1. The lowest BCUT2D eigenvalue weighted by molar-refractivity contribution is 0.0948. The number of ether oxygens (including phenoxy) is 1. The molecule has 0 atom stereocenters. The molecule has 0 radical (unpaired) electrons. The van der Waals surface area contributed by atoms with Crippen molar-refractivity contribution in [2.24, 2.45) is 0 Å². The van der Waals surface area contributed by atoms with Gasteiger partial charge in [0.05, 0.1) is 22.9 Å². The minimum atomic E-state index is -0.109. The predicted molar refractivity (Wildman–Crippen MR) is 123 cm³/mol. The summed E-state index contributed by atoms with van der Waals surface area (Å²) < 4.78 is 6.86. The number of anilines is 1. The third-order valence-electron chi connectivity index (χ3n) is 5.30. The number of rotatable bonds is 7. The Labute approximate surface area is 185 Å². The van der Waals surface area contributed by atoms with Crippen LogP contribution in [0.2, 0.25) is 0 Å². The van der Waals surface area contributed by atoms with E-state index in [9.17, 15) is 4.79 Å². The lowest BCUT2D eigenvalue weighted by Crippen LogP contribution is -2.48. The highest BCUT2D eigenvalue weighted by Gasteiger charge is 2.20. The van der Waals surface area contributed by atoms with E-state index in [-0.39, 0.29) is 5.91 Å². The lowest BCUT2D eigenvalue weighted by Gasteiger charge is -2.34. The number of thiazole rings is 1. The summed E-state index contributed by atoms with van der Waals surface area (Å²) in [5.74, 6) is 0.738. The zero-order chi connectivity index (χ0) is 21.6. The minimum Gasteiger partial charge on any atom is -0.492 e. The third-order valence-corrected chi connectivity index (χ3v) is 6.38. The van der Waals surface area contributed by atoms with Crippen LogP contribution in [0.4, 0.5) is 5.13 Å². The number of nitrogens with one attached hydrogen (secondary N) is 1. The van der Waals surface area contributed by atoms with Crippen LogP contribution in [-0.4, -0.2) is 61.7 Å². The van der Waals surface area contributed by atoms with Crippen molar-refractivity contribution in [2.45, 2.75) is 6.92 Å². The number of hydrogen-bond acceptors (Lipinski definition) is 7. The number of benzene rings is 2. The number of nitrogens with zero attached hydrogens (tertiary/aromatic N) is 4. The molecule has 0 spiro atoms. The molecule has 1 aliphatic rings. The van der Waals surface area contributed by atoms with Crippen LogP contribution >= 0.6 is 11.3 Å². The van der Waals surface area contributed by atoms with Crippen LogP contribution in [0.1, 0.15) is 22.8 Å². The molecule has 160 valence electrons. The zero-order valence-corrected chi connectivity index (χ0v) is 18.3. The van der Waals surface area contributed by atoms with Crippen LogP contribution in [0, 0.1) is 11.3 Å². The Bertz CT molecular complexity index is 1080. The van der Waals surface area contributed by atoms with E-state index < -0.39 is 0 Å². The van der Waals surface area contributed by atoms with Gasteiger partial charge in [-0.2, -0.15) is 5.26 Å². The average Bonchev–Trinajstić information content (AvgIpc) is 3.25. The van der Waals surface area contributed by atoms with Crippen molar-refractivity contribution in [3.8, 4) is 11.8 Å². The number of carbonyl (C=O) groups excluding carboxylic acids is 1. The van der Waals surface area contributed by atoms with Gasteiger partial charge >= 0.3 is 0 Å². The van der Waals surface area contributed by atoms with Crippen LogP contribution in [0.25, 0.3) is 10.2 Å². The van der Waals surface area contributed by atoms with E-state index in [2.05, 4.69) is 27.3 Å². The minimum absolute atomic E-state index is 0.109. The molecule has 1 aliphatic heterocycles. The number of amides is 1. The monoisotopic (exact) mass is 435 g/mol. The quantitative estimate of drug-likeness (QED) is 0.614. The first kappa shape index (κ1) is 21.1. The Hall–Kier alpha value is -3.15. The molecule has 1 saturated heterocycles. The highest BCUT2D eigenvalue weighted by atomic mass is 32.1. The van der Waals surface area contributed by atoms with Crippen molar-refractivity contribution in [3.63, 3.8) is 0 Å². The smallest absolute Gasteiger partial charge is 0.251 e. The summed E-state index contributed by atoms with van der Waals surface area (Å²) in [7, 11) is 0. The van der Waals surface area contributed by atoms with E-state index >= 15 is 0 Å². The van der Waals surface area contributed by atoms with Crippen LogP contribution in [-0.2, 0) is 0 Å². The third kappa shape index (κ3) is 4.95. The fraction of sp³-hybridized carbons (Fsp3) is 0.348. The summed E-state index contributed by atoms with van der Waals surface area (Å²) in [4.78, 5) is 21.8. The van der Waals surface area contributed by atoms with E-state index in [1.54, 1.807) is 35.6 Å². The molecule has 1 fully saturated rings. The maximum Gasteiger partial charge on any atom is 0.251 e.